The van der Waals surface area contributed by atoms with Crippen LogP contribution in [0.3, 0.4) is 0 Å². The number of nitrogens with zero attached hydrogens (tertiary/aromatic N) is 2. The summed E-state index contributed by atoms with van der Waals surface area (Å²) >= 11 is 0. The Labute approximate surface area is 169 Å². The van der Waals surface area contributed by atoms with Gasteiger partial charge in [-0.25, -0.2) is 4.79 Å². The molecule has 0 spiro atoms. The van der Waals surface area contributed by atoms with Gasteiger partial charge in [-0.1, -0.05) is 25.1 Å². The Morgan fingerprint density at radius 2 is 1.97 bits per heavy atom. The van der Waals surface area contributed by atoms with Crippen molar-refractivity contribution in [3.63, 3.8) is 0 Å². The third kappa shape index (κ3) is 3.60. The van der Waals surface area contributed by atoms with Gasteiger partial charge >= 0.3 is 6.03 Å². The molecule has 2 saturated heterocycles. The minimum atomic E-state index is -0.956. The molecule has 154 valence electrons. The Morgan fingerprint density at radius 3 is 2.66 bits per heavy atom. The molecule has 2 fully saturated rings. The molecule has 8 heteroatoms. The Bertz CT molecular complexity index is 947. The van der Waals surface area contributed by atoms with Gasteiger partial charge in [0.25, 0.3) is 11.8 Å². The van der Waals surface area contributed by atoms with Crippen molar-refractivity contribution in [3.05, 3.63) is 36.0 Å². The SMILES string of the molecule is CCC1(C)NC(=O)N(NC(=O)CN2CCC(c3c[nH]c4ccccc34)CC2)C1=O. The van der Waals surface area contributed by atoms with Crippen LogP contribution in [0.5, 0.6) is 0 Å². The molecule has 1 unspecified atom stereocenters. The molecule has 8 nitrogen and oxygen atoms in total. The summed E-state index contributed by atoms with van der Waals surface area (Å²) in [5.74, 6) is -0.308. The molecular formula is C21H27N5O3. The summed E-state index contributed by atoms with van der Waals surface area (Å²) in [6, 6.07) is 7.73. The van der Waals surface area contributed by atoms with E-state index in [-0.39, 0.29) is 12.5 Å². The first-order chi connectivity index (χ1) is 13.9. The monoisotopic (exact) mass is 397 g/mol. The lowest BCUT2D eigenvalue weighted by Crippen LogP contribution is -2.51. The average Bonchev–Trinajstić information content (AvgIpc) is 3.24. The summed E-state index contributed by atoms with van der Waals surface area (Å²) in [6.07, 6.45) is 4.49. The Hall–Kier alpha value is -2.87. The number of carbonyl (C=O) groups is 3. The number of H-pyrrole nitrogens is 1. The fourth-order valence-electron chi connectivity index (χ4n) is 4.22. The van der Waals surface area contributed by atoms with Gasteiger partial charge in [-0.15, -0.1) is 0 Å². The van der Waals surface area contributed by atoms with E-state index in [2.05, 4.69) is 45.0 Å². The molecule has 4 amide bonds. The summed E-state index contributed by atoms with van der Waals surface area (Å²) < 4.78 is 0. The van der Waals surface area contributed by atoms with Crippen LogP contribution >= 0.6 is 0 Å². The van der Waals surface area contributed by atoms with Crippen molar-refractivity contribution in [3.8, 4) is 0 Å². The van der Waals surface area contributed by atoms with Crippen LogP contribution in [0.15, 0.2) is 30.5 Å². The van der Waals surface area contributed by atoms with E-state index in [4.69, 9.17) is 0 Å². The third-order valence-electron chi connectivity index (χ3n) is 6.22. The maximum absolute atomic E-state index is 12.4. The van der Waals surface area contributed by atoms with Gasteiger partial charge in [-0.3, -0.25) is 19.9 Å². The highest BCUT2D eigenvalue weighted by Gasteiger charge is 2.47. The summed E-state index contributed by atoms with van der Waals surface area (Å²) in [4.78, 5) is 42.2. The van der Waals surface area contributed by atoms with Crippen LogP contribution in [0.2, 0.25) is 0 Å². The standard InChI is InChI=1S/C21H27N5O3/c1-3-21(2)19(28)26(20(29)23-21)24-18(27)13-25-10-8-14(9-11-25)16-12-22-17-7-5-4-6-15(16)17/h4-7,12,14,22H,3,8-11,13H2,1-2H3,(H,23,29)(H,24,27). The van der Waals surface area contributed by atoms with E-state index in [1.54, 1.807) is 6.92 Å². The van der Waals surface area contributed by atoms with Crippen molar-refractivity contribution >= 4 is 28.7 Å². The molecule has 0 saturated carbocycles. The number of hydrazine groups is 1. The van der Waals surface area contributed by atoms with Crippen LogP contribution in [0, 0.1) is 0 Å². The van der Waals surface area contributed by atoms with Gasteiger partial charge < -0.3 is 10.3 Å². The van der Waals surface area contributed by atoms with E-state index in [9.17, 15) is 14.4 Å². The zero-order valence-electron chi connectivity index (χ0n) is 16.8. The zero-order chi connectivity index (χ0) is 20.6. The molecule has 0 aliphatic carbocycles. The van der Waals surface area contributed by atoms with Gasteiger partial charge in [-0.05, 0) is 56.8 Å². The van der Waals surface area contributed by atoms with Gasteiger partial charge in [0.2, 0.25) is 0 Å². The second-order valence-corrected chi connectivity index (χ2v) is 8.13. The molecule has 0 radical (unpaired) electrons. The van der Waals surface area contributed by atoms with Gasteiger partial charge in [0, 0.05) is 17.1 Å². The molecule has 2 aromatic rings. The molecule has 2 aliphatic rings. The van der Waals surface area contributed by atoms with Crippen molar-refractivity contribution < 1.29 is 14.4 Å². The first-order valence-corrected chi connectivity index (χ1v) is 10.2. The number of urea groups is 1. The molecular weight excluding hydrogens is 370 g/mol. The predicted octanol–water partition coefficient (Wildman–Crippen LogP) is 2.10. The number of para-hydroxylation sites is 1. The van der Waals surface area contributed by atoms with Crippen LogP contribution < -0.4 is 10.7 Å². The normalized spacial score (nSPS) is 23.6. The smallest absolute Gasteiger partial charge is 0.344 e. The van der Waals surface area contributed by atoms with Crippen molar-refractivity contribution in [2.75, 3.05) is 19.6 Å². The largest absolute Gasteiger partial charge is 0.361 e. The highest BCUT2D eigenvalue weighted by molar-refractivity contribution is 6.07. The third-order valence-corrected chi connectivity index (χ3v) is 6.22. The van der Waals surface area contributed by atoms with Crippen LogP contribution in [-0.2, 0) is 9.59 Å². The Balaban J connectivity index is 1.31. The highest BCUT2D eigenvalue weighted by atomic mass is 16.2. The number of amides is 4. The molecule has 4 rings (SSSR count). The molecule has 3 heterocycles. The number of hydrogen-bond acceptors (Lipinski definition) is 4. The van der Waals surface area contributed by atoms with Crippen LogP contribution in [0.25, 0.3) is 10.9 Å². The number of imide groups is 1. The summed E-state index contributed by atoms with van der Waals surface area (Å²) in [5.41, 5.74) is 3.99. The topological polar surface area (TPSA) is 97.5 Å². The number of rotatable bonds is 5. The van der Waals surface area contributed by atoms with E-state index in [1.807, 2.05) is 13.0 Å². The second kappa shape index (κ2) is 7.51. The first kappa shape index (κ1) is 19.4. The summed E-state index contributed by atoms with van der Waals surface area (Å²) in [7, 11) is 0. The lowest BCUT2D eigenvalue weighted by Gasteiger charge is -2.31. The average molecular weight is 397 g/mol. The van der Waals surface area contributed by atoms with E-state index in [0.717, 1.165) is 36.5 Å². The number of aromatic nitrogens is 1. The van der Waals surface area contributed by atoms with Gasteiger partial charge in [0.05, 0.1) is 6.54 Å². The first-order valence-electron chi connectivity index (χ1n) is 10.2. The van der Waals surface area contributed by atoms with E-state index < -0.39 is 17.5 Å². The quantitative estimate of drug-likeness (QED) is 0.673. The van der Waals surface area contributed by atoms with E-state index in [0.29, 0.717) is 12.3 Å². The number of piperidine rings is 1. The van der Waals surface area contributed by atoms with E-state index in [1.165, 1.54) is 10.9 Å². The van der Waals surface area contributed by atoms with Crippen LogP contribution in [-0.4, -0.2) is 57.9 Å². The van der Waals surface area contributed by atoms with Crippen molar-refractivity contribution in [1.82, 2.24) is 25.6 Å². The van der Waals surface area contributed by atoms with Gasteiger partial charge in [-0.2, -0.15) is 5.01 Å². The second-order valence-electron chi connectivity index (χ2n) is 8.13. The predicted molar refractivity (Wildman–Crippen MR) is 109 cm³/mol. The Kier molecular flexibility index (Phi) is 5.04. The maximum Gasteiger partial charge on any atom is 0.344 e. The molecule has 3 N–H and O–H groups in total. The molecule has 1 aromatic heterocycles. The zero-order valence-corrected chi connectivity index (χ0v) is 16.8. The Morgan fingerprint density at radius 1 is 1.24 bits per heavy atom. The number of likely N-dealkylation sites (tertiary alicyclic amines) is 1. The van der Waals surface area contributed by atoms with Crippen LogP contribution in [0.4, 0.5) is 4.79 Å². The van der Waals surface area contributed by atoms with Gasteiger partial charge in [0.1, 0.15) is 5.54 Å². The summed E-state index contributed by atoms with van der Waals surface area (Å²) in [5, 5.41) is 4.71. The van der Waals surface area contributed by atoms with Crippen LogP contribution in [0.1, 0.15) is 44.6 Å². The number of nitrogens with one attached hydrogen (secondary N) is 3. The minimum absolute atomic E-state index is 0.167. The van der Waals surface area contributed by atoms with E-state index >= 15 is 0 Å². The molecule has 1 aromatic carbocycles. The number of hydrogen-bond donors (Lipinski definition) is 3. The fraction of sp³-hybridized carbons (Fsp3) is 0.476. The van der Waals surface area contributed by atoms with Crippen molar-refractivity contribution in [2.24, 2.45) is 0 Å². The number of aromatic amines is 1. The number of carbonyl (C=O) groups excluding carboxylic acids is 3. The minimum Gasteiger partial charge on any atom is -0.361 e. The maximum atomic E-state index is 12.4. The molecule has 2 aliphatic heterocycles. The molecule has 1 atom stereocenters. The number of benzene rings is 1. The summed E-state index contributed by atoms with van der Waals surface area (Å²) in [6.45, 7) is 5.24. The molecule has 0 bridgehead atoms. The highest BCUT2D eigenvalue weighted by Crippen LogP contribution is 2.33. The lowest BCUT2D eigenvalue weighted by molar-refractivity contribution is -0.139. The fourth-order valence-corrected chi connectivity index (χ4v) is 4.22. The van der Waals surface area contributed by atoms with Crippen molar-refractivity contribution in [2.45, 2.75) is 44.6 Å². The van der Waals surface area contributed by atoms with Crippen molar-refractivity contribution in [1.29, 1.82) is 0 Å². The van der Waals surface area contributed by atoms with Gasteiger partial charge in [0.15, 0.2) is 0 Å². The molecule has 29 heavy (non-hydrogen) atoms. The number of fused-ring (bicyclic) bond motifs is 1. The lowest BCUT2D eigenvalue weighted by atomic mass is 9.89.